The van der Waals surface area contributed by atoms with E-state index in [-0.39, 0.29) is 11.9 Å². The molecule has 1 atom stereocenters. The van der Waals surface area contributed by atoms with Gasteiger partial charge in [0.25, 0.3) is 5.91 Å². The van der Waals surface area contributed by atoms with Gasteiger partial charge in [0, 0.05) is 30.7 Å². The number of aromatic nitrogens is 3. The Hall–Kier alpha value is -2.21. The van der Waals surface area contributed by atoms with Crippen LogP contribution in [0.3, 0.4) is 0 Å². The molecule has 0 radical (unpaired) electrons. The number of ether oxygens (including phenoxy) is 1. The molecular formula is C17H20N4O2. The van der Waals surface area contributed by atoms with Crippen molar-refractivity contribution in [1.82, 2.24) is 19.7 Å². The summed E-state index contributed by atoms with van der Waals surface area (Å²) >= 11 is 0. The van der Waals surface area contributed by atoms with Gasteiger partial charge in [-0.15, -0.1) is 0 Å². The second kappa shape index (κ2) is 6.12. The zero-order valence-electron chi connectivity index (χ0n) is 13.0. The molecule has 1 amide bonds. The molecule has 3 heterocycles. The molecule has 1 saturated carbocycles. The summed E-state index contributed by atoms with van der Waals surface area (Å²) in [6, 6.07) is 5.62. The minimum Gasteiger partial charge on any atom is -0.377 e. The molecule has 2 aromatic heterocycles. The van der Waals surface area contributed by atoms with Gasteiger partial charge in [0.1, 0.15) is 0 Å². The standard InChI is InChI=1S/C17H20N4O2/c22-17(20-8-9-23-12-15(20)10-13-2-3-13)14-4-6-18-16(11-14)21-7-1-5-19-21/h1,4-7,11,13,15H,2-3,8-10,12H2. The smallest absolute Gasteiger partial charge is 0.254 e. The lowest BCUT2D eigenvalue weighted by atomic mass is 10.1. The Labute approximate surface area is 135 Å². The van der Waals surface area contributed by atoms with Gasteiger partial charge in [-0.25, -0.2) is 9.67 Å². The van der Waals surface area contributed by atoms with Crippen molar-refractivity contribution >= 4 is 5.91 Å². The first-order valence-electron chi connectivity index (χ1n) is 8.16. The summed E-state index contributed by atoms with van der Waals surface area (Å²) in [5, 5.41) is 4.17. The van der Waals surface area contributed by atoms with Crippen molar-refractivity contribution in [2.75, 3.05) is 19.8 Å². The minimum absolute atomic E-state index is 0.0646. The zero-order valence-corrected chi connectivity index (χ0v) is 13.0. The van der Waals surface area contributed by atoms with Gasteiger partial charge in [-0.3, -0.25) is 4.79 Å². The Balaban J connectivity index is 1.56. The summed E-state index contributed by atoms with van der Waals surface area (Å²) in [5.74, 6) is 1.50. The molecular weight excluding hydrogens is 292 g/mol. The second-order valence-corrected chi connectivity index (χ2v) is 6.26. The highest BCUT2D eigenvalue weighted by molar-refractivity contribution is 5.94. The first-order chi connectivity index (χ1) is 11.3. The molecule has 2 aliphatic rings. The van der Waals surface area contributed by atoms with Crippen LogP contribution in [0.4, 0.5) is 0 Å². The Morgan fingerprint density at radius 3 is 3.04 bits per heavy atom. The molecule has 2 aromatic rings. The molecule has 6 heteroatoms. The number of pyridine rings is 1. The van der Waals surface area contributed by atoms with Gasteiger partial charge < -0.3 is 9.64 Å². The van der Waals surface area contributed by atoms with E-state index in [1.54, 1.807) is 29.2 Å². The zero-order chi connectivity index (χ0) is 15.6. The lowest BCUT2D eigenvalue weighted by Crippen LogP contribution is -2.48. The molecule has 2 fully saturated rings. The van der Waals surface area contributed by atoms with Gasteiger partial charge in [0.15, 0.2) is 5.82 Å². The molecule has 4 rings (SSSR count). The van der Waals surface area contributed by atoms with Gasteiger partial charge in [-0.1, -0.05) is 12.8 Å². The first kappa shape index (κ1) is 14.4. The first-order valence-corrected chi connectivity index (χ1v) is 8.16. The number of amides is 1. The van der Waals surface area contributed by atoms with Crippen LogP contribution in [0.25, 0.3) is 5.82 Å². The number of carbonyl (C=O) groups is 1. The van der Waals surface area contributed by atoms with Crippen molar-refractivity contribution in [3.63, 3.8) is 0 Å². The quantitative estimate of drug-likeness (QED) is 0.865. The van der Waals surface area contributed by atoms with E-state index >= 15 is 0 Å². The van der Waals surface area contributed by atoms with E-state index in [0.717, 1.165) is 12.3 Å². The normalized spacial score (nSPS) is 21.4. The van der Waals surface area contributed by atoms with Crippen molar-refractivity contribution < 1.29 is 9.53 Å². The van der Waals surface area contributed by atoms with Crippen molar-refractivity contribution in [3.05, 3.63) is 42.4 Å². The number of carbonyl (C=O) groups excluding carboxylic acids is 1. The van der Waals surface area contributed by atoms with E-state index in [2.05, 4.69) is 10.1 Å². The third kappa shape index (κ3) is 3.12. The summed E-state index contributed by atoms with van der Waals surface area (Å²) < 4.78 is 7.25. The second-order valence-electron chi connectivity index (χ2n) is 6.26. The van der Waals surface area contributed by atoms with E-state index in [1.807, 2.05) is 17.2 Å². The lowest BCUT2D eigenvalue weighted by molar-refractivity contribution is -0.00570. The molecule has 0 aromatic carbocycles. The lowest BCUT2D eigenvalue weighted by Gasteiger charge is -2.36. The van der Waals surface area contributed by atoms with Gasteiger partial charge in [0.05, 0.1) is 19.3 Å². The topological polar surface area (TPSA) is 60.2 Å². The number of morpholine rings is 1. The monoisotopic (exact) mass is 312 g/mol. The van der Waals surface area contributed by atoms with Crippen LogP contribution >= 0.6 is 0 Å². The van der Waals surface area contributed by atoms with Crippen LogP contribution < -0.4 is 0 Å². The highest BCUT2D eigenvalue weighted by Crippen LogP contribution is 2.35. The number of rotatable bonds is 4. The number of hydrogen-bond donors (Lipinski definition) is 0. The fourth-order valence-electron chi connectivity index (χ4n) is 3.10. The molecule has 0 spiro atoms. The molecule has 1 aliphatic carbocycles. The Bertz CT molecular complexity index is 682. The molecule has 0 bridgehead atoms. The highest BCUT2D eigenvalue weighted by Gasteiger charge is 2.33. The average Bonchev–Trinajstić information content (AvgIpc) is 3.24. The highest BCUT2D eigenvalue weighted by atomic mass is 16.5. The third-order valence-electron chi connectivity index (χ3n) is 4.52. The molecule has 1 unspecified atom stereocenters. The van der Waals surface area contributed by atoms with Crippen LogP contribution in [-0.4, -0.2) is 51.4 Å². The number of nitrogens with zero attached hydrogens (tertiary/aromatic N) is 4. The van der Waals surface area contributed by atoms with Crippen LogP contribution in [0, 0.1) is 5.92 Å². The molecule has 1 saturated heterocycles. The summed E-state index contributed by atoms with van der Waals surface area (Å²) in [4.78, 5) is 19.2. The Morgan fingerprint density at radius 1 is 1.35 bits per heavy atom. The maximum Gasteiger partial charge on any atom is 0.254 e. The van der Waals surface area contributed by atoms with Crippen LogP contribution in [0.5, 0.6) is 0 Å². The summed E-state index contributed by atoms with van der Waals surface area (Å²) in [6.45, 7) is 1.93. The largest absolute Gasteiger partial charge is 0.377 e. The molecule has 0 N–H and O–H groups in total. The van der Waals surface area contributed by atoms with Gasteiger partial charge >= 0.3 is 0 Å². The van der Waals surface area contributed by atoms with Crippen LogP contribution in [0.2, 0.25) is 0 Å². The van der Waals surface area contributed by atoms with E-state index in [4.69, 9.17) is 4.74 Å². The van der Waals surface area contributed by atoms with Gasteiger partial charge in [-0.05, 0) is 30.5 Å². The van der Waals surface area contributed by atoms with E-state index < -0.39 is 0 Å². The Kier molecular flexibility index (Phi) is 3.83. The van der Waals surface area contributed by atoms with Crippen molar-refractivity contribution in [1.29, 1.82) is 0 Å². The van der Waals surface area contributed by atoms with E-state index in [1.165, 1.54) is 12.8 Å². The van der Waals surface area contributed by atoms with Gasteiger partial charge in [0.2, 0.25) is 0 Å². The van der Waals surface area contributed by atoms with Crippen molar-refractivity contribution in [3.8, 4) is 5.82 Å². The molecule has 23 heavy (non-hydrogen) atoms. The fourth-order valence-corrected chi connectivity index (χ4v) is 3.10. The van der Waals surface area contributed by atoms with Crippen molar-refractivity contribution in [2.45, 2.75) is 25.3 Å². The van der Waals surface area contributed by atoms with Crippen LogP contribution in [0.15, 0.2) is 36.8 Å². The Morgan fingerprint density at radius 2 is 2.26 bits per heavy atom. The third-order valence-corrected chi connectivity index (χ3v) is 4.52. The molecule has 120 valence electrons. The van der Waals surface area contributed by atoms with Crippen molar-refractivity contribution in [2.24, 2.45) is 5.92 Å². The van der Waals surface area contributed by atoms with Gasteiger partial charge in [-0.2, -0.15) is 5.10 Å². The average molecular weight is 312 g/mol. The maximum absolute atomic E-state index is 12.9. The molecule has 6 nitrogen and oxygen atoms in total. The predicted molar refractivity (Wildman–Crippen MR) is 84.3 cm³/mol. The van der Waals surface area contributed by atoms with Crippen LogP contribution in [-0.2, 0) is 4.74 Å². The fraction of sp³-hybridized carbons (Fsp3) is 0.471. The van der Waals surface area contributed by atoms with E-state index in [9.17, 15) is 4.79 Å². The summed E-state index contributed by atoms with van der Waals surface area (Å²) in [5.41, 5.74) is 0.660. The minimum atomic E-state index is 0.0646. The number of hydrogen-bond acceptors (Lipinski definition) is 4. The maximum atomic E-state index is 12.9. The summed E-state index contributed by atoms with van der Waals surface area (Å²) in [6.07, 6.45) is 8.82. The predicted octanol–water partition coefficient (Wildman–Crippen LogP) is 1.91. The SMILES string of the molecule is O=C(c1ccnc(-n2cccn2)c1)N1CCOCC1CC1CC1. The molecule has 1 aliphatic heterocycles. The summed E-state index contributed by atoms with van der Waals surface area (Å²) in [7, 11) is 0. The van der Waals surface area contributed by atoms with E-state index in [0.29, 0.717) is 31.1 Å². The van der Waals surface area contributed by atoms with Crippen LogP contribution in [0.1, 0.15) is 29.6 Å².